The zero-order chi connectivity index (χ0) is 31.8. The number of carbonyl (C=O) groups excluding carboxylic acids is 4. The number of para-hydroxylation sites is 2. The Morgan fingerprint density at radius 1 is 0.477 bits per heavy atom. The first-order chi connectivity index (χ1) is 21.5. The second kappa shape index (κ2) is 22.0. The molecule has 0 saturated heterocycles. The average molecular weight is 623 g/mol. The van der Waals surface area contributed by atoms with E-state index in [9.17, 15) is 19.2 Å². The molecule has 0 aromatic heterocycles. The standard InChI is InChI=1S/C30H38O14/c1-35-25-19-13-11-17-23(25)27(31)39-43-41-29(33)37-21-15-9-7-5-3-4-6-8-10-16-22-38-30(34)42-44-40-28(32)24-18-12-14-20-26(24)36-2/h11-14,17-20H,3-10,15-16,21-22H2,1-2H3. The molecule has 0 aliphatic heterocycles. The molecule has 0 radical (unpaired) electrons. The molecule has 14 heteroatoms. The van der Waals surface area contributed by atoms with Gasteiger partial charge in [0.25, 0.3) is 0 Å². The number of benzene rings is 2. The Labute approximate surface area is 255 Å². The molecule has 44 heavy (non-hydrogen) atoms. The van der Waals surface area contributed by atoms with Crippen LogP contribution >= 0.6 is 0 Å². The predicted molar refractivity (Wildman–Crippen MR) is 150 cm³/mol. The third-order valence-electron chi connectivity index (χ3n) is 6.06. The smallest absolute Gasteiger partial charge is 0.496 e. The Morgan fingerprint density at radius 2 is 0.818 bits per heavy atom. The maximum absolute atomic E-state index is 11.9. The highest BCUT2D eigenvalue weighted by atomic mass is 17.5. The Morgan fingerprint density at radius 3 is 1.18 bits per heavy atom. The van der Waals surface area contributed by atoms with E-state index in [0.29, 0.717) is 12.8 Å². The topological polar surface area (TPSA) is 161 Å². The molecule has 2 rings (SSSR count). The van der Waals surface area contributed by atoms with Gasteiger partial charge in [-0.25, -0.2) is 29.0 Å². The number of hydrogen-bond donors (Lipinski definition) is 0. The third kappa shape index (κ3) is 14.6. The molecule has 0 bridgehead atoms. The highest BCUT2D eigenvalue weighted by Crippen LogP contribution is 2.19. The van der Waals surface area contributed by atoms with Crippen molar-refractivity contribution in [3.05, 3.63) is 59.7 Å². The van der Waals surface area contributed by atoms with Gasteiger partial charge in [0.05, 0.1) is 37.5 Å². The summed E-state index contributed by atoms with van der Waals surface area (Å²) in [5.74, 6) is -1.21. The van der Waals surface area contributed by atoms with Crippen molar-refractivity contribution in [2.75, 3.05) is 27.4 Å². The molecule has 0 unspecified atom stereocenters. The van der Waals surface area contributed by atoms with Crippen molar-refractivity contribution in [1.82, 2.24) is 0 Å². The summed E-state index contributed by atoms with van der Waals surface area (Å²) in [6.45, 7) is 0.302. The van der Waals surface area contributed by atoms with Crippen LogP contribution in [0.2, 0.25) is 0 Å². The molecule has 2 aromatic carbocycles. The fourth-order valence-electron chi connectivity index (χ4n) is 3.85. The summed E-state index contributed by atoms with van der Waals surface area (Å²) in [4.78, 5) is 64.2. The van der Waals surface area contributed by atoms with Crippen molar-refractivity contribution in [3.8, 4) is 11.5 Å². The minimum atomic E-state index is -1.11. The van der Waals surface area contributed by atoms with Gasteiger partial charge in [0, 0.05) is 0 Å². The largest absolute Gasteiger partial charge is 0.543 e. The Bertz CT molecular complexity index is 1060. The molecule has 0 N–H and O–H groups in total. The Balaban J connectivity index is 1.33. The van der Waals surface area contributed by atoms with Crippen molar-refractivity contribution in [2.24, 2.45) is 0 Å². The van der Waals surface area contributed by atoms with Gasteiger partial charge in [-0.3, -0.25) is 9.78 Å². The van der Waals surface area contributed by atoms with Gasteiger partial charge >= 0.3 is 24.2 Å². The van der Waals surface area contributed by atoms with E-state index < -0.39 is 24.2 Å². The van der Waals surface area contributed by atoms with Crippen LogP contribution in [0.4, 0.5) is 9.59 Å². The van der Waals surface area contributed by atoms with Gasteiger partial charge < -0.3 is 18.9 Å². The van der Waals surface area contributed by atoms with Gasteiger partial charge in [-0.2, -0.15) is 0 Å². The fourth-order valence-corrected chi connectivity index (χ4v) is 3.85. The van der Waals surface area contributed by atoms with Crippen molar-refractivity contribution >= 4 is 24.2 Å². The van der Waals surface area contributed by atoms with Gasteiger partial charge in [0.2, 0.25) is 0 Å². The average Bonchev–Trinajstić information content (AvgIpc) is 3.04. The van der Waals surface area contributed by atoms with Gasteiger partial charge in [0.15, 0.2) is 0 Å². The molecule has 0 heterocycles. The minimum absolute atomic E-state index is 0.109. The van der Waals surface area contributed by atoms with E-state index in [-0.39, 0.29) is 35.8 Å². The molecular weight excluding hydrogens is 584 g/mol. The Kier molecular flexibility index (Phi) is 17.9. The number of unbranched alkanes of at least 4 members (excludes halogenated alkanes) is 9. The first-order valence-electron chi connectivity index (χ1n) is 14.2. The third-order valence-corrected chi connectivity index (χ3v) is 6.06. The van der Waals surface area contributed by atoms with E-state index in [2.05, 4.69) is 29.6 Å². The fraction of sp³-hybridized carbons (Fsp3) is 0.467. The highest BCUT2D eigenvalue weighted by molar-refractivity contribution is 5.92. The van der Waals surface area contributed by atoms with Crippen LogP contribution in [-0.2, 0) is 39.1 Å². The lowest BCUT2D eigenvalue weighted by molar-refractivity contribution is -0.452. The molecule has 0 aliphatic rings. The van der Waals surface area contributed by atoms with Crippen molar-refractivity contribution in [2.45, 2.75) is 64.2 Å². The van der Waals surface area contributed by atoms with Crippen LogP contribution in [0.3, 0.4) is 0 Å². The lowest BCUT2D eigenvalue weighted by atomic mass is 10.1. The molecule has 14 nitrogen and oxygen atoms in total. The molecule has 2 aromatic rings. The van der Waals surface area contributed by atoms with E-state index in [0.717, 1.165) is 51.4 Å². The van der Waals surface area contributed by atoms with Gasteiger partial charge in [0.1, 0.15) is 22.6 Å². The normalized spacial score (nSPS) is 10.3. The minimum Gasteiger partial charge on any atom is -0.496 e. The summed E-state index contributed by atoms with van der Waals surface area (Å²) >= 11 is 0. The second-order valence-corrected chi connectivity index (χ2v) is 9.18. The SMILES string of the molecule is COc1ccccc1C(=O)OOOC(=O)OCCCCCCCCCCCCOC(=O)OOOC(=O)c1ccccc1OC. The molecule has 0 aliphatic carbocycles. The quantitative estimate of drug-likeness (QED) is 0.0632. The number of ether oxygens (including phenoxy) is 4. The monoisotopic (exact) mass is 622 g/mol. The second-order valence-electron chi connectivity index (χ2n) is 9.18. The molecule has 0 atom stereocenters. The predicted octanol–water partition coefficient (Wildman–Crippen LogP) is 6.62. The number of hydrogen-bond acceptors (Lipinski definition) is 14. The lowest BCUT2D eigenvalue weighted by Crippen LogP contribution is -2.13. The van der Waals surface area contributed by atoms with E-state index >= 15 is 0 Å². The molecule has 242 valence electrons. The van der Waals surface area contributed by atoms with Crippen LogP contribution in [0.25, 0.3) is 0 Å². The van der Waals surface area contributed by atoms with E-state index in [1.54, 1.807) is 36.4 Å². The first-order valence-corrected chi connectivity index (χ1v) is 14.2. The van der Waals surface area contributed by atoms with Crippen molar-refractivity contribution < 1.29 is 67.8 Å². The van der Waals surface area contributed by atoms with Crippen molar-refractivity contribution in [3.63, 3.8) is 0 Å². The van der Waals surface area contributed by atoms with Crippen LogP contribution in [-0.4, -0.2) is 51.7 Å². The summed E-state index contributed by atoms with van der Waals surface area (Å²) in [6, 6.07) is 12.7. The summed E-state index contributed by atoms with van der Waals surface area (Å²) in [7, 11) is 2.81. The van der Waals surface area contributed by atoms with Gasteiger partial charge in [-0.15, -0.1) is 0 Å². The molecular formula is C30H38O14. The lowest BCUT2D eigenvalue weighted by Gasteiger charge is -2.07. The summed E-state index contributed by atoms with van der Waals surface area (Å²) in [6.07, 6.45) is 7.15. The first kappa shape index (κ1) is 35.6. The molecule has 0 amide bonds. The zero-order valence-corrected chi connectivity index (χ0v) is 24.8. The summed E-state index contributed by atoms with van der Waals surface area (Å²) in [5, 5.41) is 8.39. The van der Waals surface area contributed by atoms with E-state index in [1.807, 2.05) is 0 Å². The van der Waals surface area contributed by atoms with Crippen LogP contribution in [0.1, 0.15) is 84.9 Å². The van der Waals surface area contributed by atoms with Crippen LogP contribution < -0.4 is 9.47 Å². The van der Waals surface area contributed by atoms with Gasteiger partial charge in [-0.1, -0.05) is 75.6 Å². The van der Waals surface area contributed by atoms with Gasteiger partial charge in [-0.05, 0) is 37.1 Å². The summed E-state index contributed by atoms with van der Waals surface area (Å²) < 4.78 is 19.8. The molecule has 0 saturated carbocycles. The molecule has 0 fully saturated rings. The van der Waals surface area contributed by atoms with Crippen molar-refractivity contribution in [1.29, 1.82) is 0 Å². The Hall–Kier alpha value is -4.56. The highest BCUT2D eigenvalue weighted by Gasteiger charge is 2.17. The maximum Gasteiger partial charge on any atom is 0.543 e. The van der Waals surface area contributed by atoms with Crippen LogP contribution in [0, 0.1) is 0 Å². The maximum atomic E-state index is 11.9. The van der Waals surface area contributed by atoms with E-state index in [4.69, 9.17) is 18.9 Å². The number of carbonyl (C=O) groups is 4. The molecule has 0 spiro atoms. The number of rotatable bonds is 21. The summed E-state index contributed by atoms with van der Waals surface area (Å²) in [5.41, 5.74) is 0.217. The van der Waals surface area contributed by atoms with Crippen LogP contribution in [0.5, 0.6) is 11.5 Å². The zero-order valence-electron chi connectivity index (χ0n) is 24.8. The number of methoxy groups -OCH3 is 2. The van der Waals surface area contributed by atoms with Crippen LogP contribution in [0.15, 0.2) is 48.5 Å². The van der Waals surface area contributed by atoms with E-state index in [1.165, 1.54) is 26.4 Å².